The van der Waals surface area contributed by atoms with Gasteiger partial charge in [-0.05, 0) is 46.6 Å². The highest BCUT2D eigenvalue weighted by molar-refractivity contribution is 5.07. The first-order valence-corrected chi connectivity index (χ1v) is 8.45. The molecule has 2 aromatic heterocycles. The fourth-order valence-electron chi connectivity index (χ4n) is 3.09. The zero-order valence-corrected chi connectivity index (χ0v) is 14.5. The van der Waals surface area contributed by atoms with E-state index in [2.05, 4.69) is 26.1 Å². The first-order chi connectivity index (χ1) is 10.9. The van der Waals surface area contributed by atoms with Crippen LogP contribution in [0.1, 0.15) is 82.9 Å². The van der Waals surface area contributed by atoms with Crippen molar-refractivity contribution >= 4 is 0 Å². The van der Waals surface area contributed by atoms with Gasteiger partial charge < -0.3 is 9.26 Å². The summed E-state index contributed by atoms with van der Waals surface area (Å²) < 4.78 is 13.3. The van der Waals surface area contributed by atoms with Gasteiger partial charge in [-0.2, -0.15) is 10.1 Å². The van der Waals surface area contributed by atoms with E-state index >= 15 is 0 Å². The van der Waals surface area contributed by atoms with Crippen molar-refractivity contribution in [1.29, 1.82) is 0 Å². The molecule has 23 heavy (non-hydrogen) atoms. The largest absolute Gasteiger partial charge is 0.363 e. The summed E-state index contributed by atoms with van der Waals surface area (Å²) in [5.41, 5.74) is 0.738. The fourth-order valence-corrected chi connectivity index (χ4v) is 3.09. The Morgan fingerprint density at radius 1 is 1.35 bits per heavy atom. The zero-order valence-electron chi connectivity index (χ0n) is 14.5. The zero-order chi connectivity index (χ0) is 16.4. The molecule has 0 saturated heterocycles. The van der Waals surface area contributed by atoms with Crippen LogP contribution in [0.25, 0.3) is 0 Å². The highest BCUT2D eigenvalue weighted by Gasteiger charge is 2.22. The van der Waals surface area contributed by atoms with Gasteiger partial charge in [0.25, 0.3) is 5.89 Å². The minimum atomic E-state index is -0.242. The second kappa shape index (κ2) is 6.43. The number of rotatable bonds is 5. The minimum Gasteiger partial charge on any atom is -0.363 e. The molecule has 2 aromatic rings. The van der Waals surface area contributed by atoms with E-state index in [1.165, 1.54) is 25.7 Å². The molecule has 6 nitrogen and oxygen atoms in total. The molecule has 2 heterocycles. The average molecular weight is 318 g/mol. The van der Waals surface area contributed by atoms with Crippen LogP contribution in [0.5, 0.6) is 0 Å². The molecule has 1 aliphatic carbocycles. The molecule has 1 fully saturated rings. The summed E-state index contributed by atoms with van der Waals surface area (Å²) >= 11 is 0. The number of ether oxygens (including phenoxy) is 1. The molecule has 1 aliphatic rings. The van der Waals surface area contributed by atoms with Gasteiger partial charge in [0.15, 0.2) is 5.82 Å². The SMILES string of the molecule is C[C@H](OC(C)(C)C)c1nc(Cc2ccn(C3CCCC3)n2)no1. The summed E-state index contributed by atoms with van der Waals surface area (Å²) in [6, 6.07) is 2.61. The van der Waals surface area contributed by atoms with Crippen LogP contribution in [0.15, 0.2) is 16.8 Å². The molecule has 0 amide bonds. The lowest BCUT2D eigenvalue weighted by Gasteiger charge is -2.22. The third kappa shape index (κ3) is 4.19. The maximum absolute atomic E-state index is 5.84. The van der Waals surface area contributed by atoms with Gasteiger partial charge in [-0.15, -0.1) is 0 Å². The van der Waals surface area contributed by atoms with E-state index in [-0.39, 0.29) is 11.7 Å². The van der Waals surface area contributed by atoms with Crippen molar-refractivity contribution in [3.8, 4) is 0 Å². The molecule has 0 bridgehead atoms. The van der Waals surface area contributed by atoms with Gasteiger partial charge in [0.2, 0.25) is 0 Å². The Balaban J connectivity index is 1.62. The Kier molecular flexibility index (Phi) is 4.53. The van der Waals surface area contributed by atoms with Crippen molar-refractivity contribution < 1.29 is 9.26 Å². The quantitative estimate of drug-likeness (QED) is 0.837. The summed E-state index contributed by atoms with van der Waals surface area (Å²) in [5, 5.41) is 8.72. The lowest BCUT2D eigenvalue weighted by molar-refractivity contribution is -0.0652. The van der Waals surface area contributed by atoms with E-state index in [9.17, 15) is 0 Å². The first-order valence-electron chi connectivity index (χ1n) is 8.45. The Bertz CT molecular complexity index is 635. The molecule has 0 N–H and O–H groups in total. The predicted molar refractivity (Wildman–Crippen MR) is 86.1 cm³/mol. The predicted octanol–water partition coefficient (Wildman–Crippen LogP) is 3.85. The summed E-state index contributed by atoms with van der Waals surface area (Å²) in [5.74, 6) is 1.17. The van der Waals surface area contributed by atoms with Crippen LogP contribution in [0.3, 0.4) is 0 Å². The van der Waals surface area contributed by atoms with Gasteiger partial charge in [-0.3, -0.25) is 4.68 Å². The van der Waals surface area contributed by atoms with Gasteiger partial charge in [0, 0.05) is 6.20 Å². The van der Waals surface area contributed by atoms with Crippen molar-refractivity contribution in [1.82, 2.24) is 19.9 Å². The van der Waals surface area contributed by atoms with E-state index < -0.39 is 0 Å². The Labute approximate surface area is 137 Å². The van der Waals surface area contributed by atoms with Gasteiger partial charge in [-0.1, -0.05) is 18.0 Å². The molecular weight excluding hydrogens is 292 g/mol. The smallest absolute Gasteiger partial charge is 0.255 e. The normalized spacial score (nSPS) is 17.7. The summed E-state index contributed by atoms with van der Waals surface area (Å²) in [6.45, 7) is 7.96. The lowest BCUT2D eigenvalue weighted by atomic mass is 10.2. The Hall–Kier alpha value is -1.69. The number of hydrogen-bond acceptors (Lipinski definition) is 5. The second-order valence-electron chi connectivity index (χ2n) is 7.32. The molecule has 6 heteroatoms. The summed E-state index contributed by atoms with van der Waals surface area (Å²) in [4.78, 5) is 4.44. The highest BCUT2D eigenvalue weighted by Crippen LogP contribution is 2.29. The van der Waals surface area contributed by atoms with Gasteiger partial charge in [0.05, 0.1) is 23.8 Å². The third-order valence-corrected chi connectivity index (χ3v) is 4.06. The van der Waals surface area contributed by atoms with Crippen LogP contribution < -0.4 is 0 Å². The van der Waals surface area contributed by atoms with Crippen LogP contribution in [0.4, 0.5) is 0 Å². The topological polar surface area (TPSA) is 66.0 Å². The standard InChI is InChI=1S/C17H26N4O2/c1-12(22-17(2,3)4)16-18-15(20-23-16)11-13-9-10-21(19-13)14-7-5-6-8-14/h9-10,12,14H,5-8,11H2,1-4H3/t12-/m0/s1. The maximum Gasteiger partial charge on any atom is 0.255 e. The van der Waals surface area contributed by atoms with E-state index in [1.54, 1.807) is 0 Å². The van der Waals surface area contributed by atoms with Gasteiger partial charge in [-0.25, -0.2) is 0 Å². The average Bonchev–Trinajstić information content (AvgIpc) is 3.18. The molecule has 126 valence electrons. The second-order valence-corrected chi connectivity index (χ2v) is 7.32. The highest BCUT2D eigenvalue weighted by atomic mass is 16.5. The van der Waals surface area contributed by atoms with Crippen LogP contribution in [0.2, 0.25) is 0 Å². The monoisotopic (exact) mass is 318 g/mol. The summed E-state index contributed by atoms with van der Waals surface area (Å²) in [6.07, 6.45) is 7.51. The number of aromatic nitrogens is 4. The van der Waals surface area contributed by atoms with Crippen molar-refractivity contribution in [2.45, 2.75) is 77.5 Å². The lowest BCUT2D eigenvalue weighted by Crippen LogP contribution is -2.21. The molecular formula is C17H26N4O2. The Morgan fingerprint density at radius 3 is 2.78 bits per heavy atom. The van der Waals surface area contributed by atoms with E-state index in [0.29, 0.717) is 24.2 Å². The first kappa shape index (κ1) is 16.2. The number of nitrogens with zero attached hydrogens (tertiary/aromatic N) is 4. The summed E-state index contributed by atoms with van der Waals surface area (Å²) in [7, 11) is 0. The van der Waals surface area contributed by atoms with Crippen LogP contribution in [-0.4, -0.2) is 25.5 Å². The van der Waals surface area contributed by atoms with Crippen molar-refractivity contribution in [3.63, 3.8) is 0 Å². The molecule has 1 saturated carbocycles. The van der Waals surface area contributed by atoms with E-state index in [1.807, 2.05) is 33.8 Å². The number of hydrogen-bond donors (Lipinski definition) is 0. The van der Waals surface area contributed by atoms with Crippen LogP contribution >= 0.6 is 0 Å². The molecule has 0 aliphatic heterocycles. The van der Waals surface area contributed by atoms with Crippen LogP contribution in [-0.2, 0) is 11.2 Å². The van der Waals surface area contributed by atoms with Crippen molar-refractivity contribution in [3.05, 3.63) is 29.7 Å². The van der Waals surface area contributed by atoms with Gasteiger partial charge in [0.1, 0.15) is 6.10 Å². The van der Waals surface area contributed by atoms with E-state index in [4.69, 9.17) is 9.26 Å². The van der Waals surface area contributed by atoms with E-state index in [0.717, 1.165) is 5.69 Å². The molecule has 0 radical (unpaired) electrons. The fraction of sp³-hybridized carbons (Fsp3) is 0.706. The van der Waals surface area contributed by atoms with Crippen molar-refractivity contribution in [2.75, 3.05) is 0 Å². The maximum atomic E-state index is 5.84. The van der Waals surface area contributed by atoms with Crippen molar-refractivity contribution in [2.24, 2.45) is 0 Å². The van der Waals surface area contributed by atoms with Crippen LogP contribution in [0, 0.1) is 0 Å². The van der Waals surface area contributed by atoms with Gasteiger partial charge >= 0.3 is 0 Å². The minimum absolute atomic E-state index is 0.215. The third-order valence-electron chi connectivity index (χ3n) is 4.06. The molecule has 0 spiro atoms. The molecule has 3 rings (SSSR count). The molecule has 0 aromatic carbocycles. The molecule has 1 atom stereocenters. The Morgan fingerprint density at radius 2 is 2.09 bits per heavy atom. The molecule has 0 unspecified atom stereocenters.